The van der Waals surface area contributed by atoms with Crippen molar-refractivity contribution in [3.05, 3.63) is 0 Å². The molecule has 0 radical (unpaired) electrons. The second kappa shape index (κ2) is 9.11. The highest BCUT2D eigenvalue weighted by Crippen LogP contribution is 1.84. The van der Waals surface area contributed by atoms with Crippen LogP contribution in [0.2, 0.25) is 6.04 Å². The maximum Gasteiger partial charge on any atom is 0.0813 e. The molecule has 0 atom stereocenters. The third-order valence-corrected chi connectivity index (χ3v) is 2.48. The lowest BCUT2D eigenvalue weighted by Gasteiger charge is -1.77. The summed E-state index contributed by atoms with van der Waals surface area (Å²) in [5.74, 6) is 0. The summed E-state index contributed by atoms with van der Waals surface area (Å²) >= 11 is 4.14. The summed E-state index contributed by atoms with van der Waals surface area (Å²) in [7, 11) is 0.108. The Balaban J connectivity index is 0. The van der Waals surface area contributed by atoms with Crippen molar-refractivity contribution in [2.45, 2.75) is 19.4 Å². The molecule has 0 aromatic carbocycles. The Kier molecular flexibility index (Phi) is 14.8. The minimum absolute atomic E-state index is 0. The molecule has 40 valence electrons. The molecular weight excluding hydrogens is 112 g/mol. The molecule has 0 aliphatic carbocycles. The van der Waals surface area contributed by atoms with E-state index in [0.29, 0.717) is 0 Å². The molecule has 0 aliphatic rings. The fourth-order valence-corrected chi connectivity index (χ4v) is 1.42. The van der Waals surface area contributed by atoms with Gasteiger partial charge in [0.05, 0.1) is 8.67 Å². The van der Waals surface area contributed by atoms with Gasteiger partial charge in [0, 0.05) is 0 Å². The monoisotopic (exact) mass is 124 g/mol. The normalized spacial score (nSPS) is 9.00. The highest BCUT2D eigenvalue weighted by molar-refractivity contribution is 8.06. The summed E-state index contributed by atoms with van der Waals surface area (Å²) in [6.07, 6.45) is 1.33. The molecule has 0 spiro atoms. The SMILES string of the molecule is CCC[SiH2]S.O. The van der Waals surface area contributed by atoms with Crippen molar-refractivity contribution < 1.29 is 5.48 Å². The Bertz CT molecular complexity index is 18.3. The molecule has 0 heterocycles. The van der Waals surface area contributed by atoms with Gasteiger partial charge in [-0.05, 0) is 0 Å². The molecule has 3 heteroatoms. The number of hydrogen-bond acceptors (Lipinski definition) is 1. The van der Waals surface area contributed by atoms with Gasteiger partial charge in [-0.3, -0.25) is 0 Å². The first-order chi connectivity index (χ1) is 2.41. The molecule has 6 heavy (non-hydrogen) atoms. The summed E-state index contributed by atoms with van der Waals surface area (Å²) in [6, 6.07) is 1.39. The maximum atomic E-state index is 4.14. The maximum absolute atomic E-state index is 4.14. The van der Waals surface area contributed by atoms with Gasteiger partial charge in [-0.1, -0.05) is 19.4 Å². The fraction of sp³-hybridized carbons (Fsp3) is 1.00. The van der Waals surface area contributed by atoms with Gasteiger partial charge in [0.1, 0.15) is 0 Å². The summed E-state index contributed by atoms with van der Waals surface area (Å²) in [4.78, 5) is 0. The predicted octanol–water partition coefficient (Wildman–Crippen LogP) is 0.00360. The minimum atomic E-state index is 0. The van der Waals surface area contributed by atoms with E-state index in [1.165, 1.54) is 12.5 Å². The van der Waals surface area contributed by atoms with Crippen molar-refractivity contribution in [1.29, 1.82) is 0 Å². The zero-order chi connectivity index (χ0) is 4.12. The van der Waals surface area contributed by atoms with Crippen LogP contribution in [0, 0.1) is 0 Å². The topological polar surface area (TPSA) is 31.5 Å². The van der Waals surface area contributed by atoms with Gasteiger partial charge >= 0.3 is 0 Å². The Labute approximate surface area is 46.3 Å². The average molecular weight is 124 g/mol. The van der Waals surface area contributed by atoms with E-state index >= 15 is 0 Å². The molecule has 0 amide bonds. The van der Waals surface area contributed by atoms with Crippen LogP contribution >= 0.6 is 12.1 Å². The molecular formula is C3H12OSSi. The molecule has 2 N–H and O–H groups in total. The molecule has 1 nitrogen and oxygen atoms in total. The van der Waals surface area contributed by atoms with Crippen LogP contribution in [0.5, 0.6) is 0 Å². The highest BCUT2D eigenvalue weighted by Gasteiger charge is 1.70. The summed E-state index contributed by atoms with van der Waals surface area (Å²) in [6.45, 7) is 2.20. The van der Waals surface area contributed by atoms with Crippen molar-refractivity contribution in [2.75, 3.05) is 0 Å². The summed E-state index contributed by atoms with van der Waals surface area (Å²) in [5, 5.41) is 0. The van der Waals surface area contributed by atoms with Crippen molar-refractivity contribution in [3.63, 3.8) is 0 Å². The van der Waals surface area contributed by atoms with Gasteiger partial charge in [-0.2, -0.15) is 0 Å². The van der Waals surface area contributed by atoms with Gasteiger partial charge < -0.3 is 5.48 Å². The molecule has 0 fully saturated rings. The highest BCUT2D eigenvalue weighted by atomic mass is 32.3. The van der Waals surface area contributed by atoms with Gasteiger partial charge in [0.2, 0.25) is 0 Å². The molecule has 0 saturated carbocycles. The van der Waals surface area contributed by atoms with E-state index < -0.39 is 0 Å². The van der Waals surface area contributed by atoms with Gasteiger partial charge in [0.25, 0.3) is 0 Å². The Hall–Kier alpha value is 0.527. The molecule has 0 unspecified atom stereocenters. The van der Waals surface area contributed by atoms with Crippen LogP contribution in [0.4, 0.5) is 0 Å². The van der Waals surface area contributed by atoms with Crippen LogP contribution in [-0.2, 0) is 0 Å². The Morgan fingerprint density at radius 1 is 1.67 bits per heavy atom. The van der Waals surface area contributed by atoms with Gasteiger partial charge in [0.15, 0.2) is 0 Å². The van der Waals surface area contributed by atoms with E-state index in [0.717, 1.165) is 0 Å². The van der Waals surface area contributed by atoms with Crippen molar-refractivity contribution in [2.24, 2.45) is 0 Å². The van der Waals surface area contributed by atoms with Crippen LogP contribution in [0.25, 0.3) is 0 Å². The lowest BCUT2D eigenvalue weighted by atomic mass is 10.6. The van der Waals surface area contributed by atoms with E-state index in [9.17, 15) is 0 Å². The van der Waals surface area contributed by atoms with Crippen LogP contribution in [-0.4, -0.2) is 14.1 Å². The van der Waals surface area contributed by atoms with E-state index in [-0.39, 0.29) is 14.1 Å². The van der Waals surface area contributed by atoms with Crippen LogP contribution in [0.1, 0.15) is 13.3 Å². The smallest absolute Gasteiger partial charge is 0.0813 e. The van der Waals surface area contributed by atoms with E-state index in [1.807, 2.05) is 0 Å². The zero-order valence-electron chi connectivity index (χ0n) is 4.07. The average Bonchev–Trinajstić information content (AvgIpc) is 1.41. The third-order valence-electron chi connectivity index (χ3n) is 0.512. The lowest BCUT2D eigenvalue weighted by molar-refractivity contribution is 0.824. The number of hydrogen-bond donors (Lipinski definition) is 1. The molecule has 0 saturated heterocycles. The van der Waals surface area contributed by atoms with Crippen LogP contribution in [0.3, 0.4) is 0 Å². The third kappa shape index (κ3) is 8.82. The first-order valence-corrected chi connectivity index (χ1v) is 5.55. The second-order valence-electron chi connectivity index (χ2n) is 1.08. The summed E-state index contributed by atoms with van der Waals surface area (Å²) < 4.78 is 0. The molecule has 0 aromatic rings. The van der Waals surface area contributed by atoms with Crippen LogP contribution in [0.15, 0.2) is 0 Å². The quantitative estimate of drug-likeness (QED) is 0.397. The van der Waals surface area contributed by atoms with Gasteiger partial charge in [-0.15, -0.1) is 0 Å². The standard InChI is InChI=1S/C3H10SSi.H2O/c1-2-3-5-4;/h4H,2-3,5H2,1H3;1H2. The molecule has 0 aliphatic heterocycles. The van der Waals surface area contributed by atoms with Gasteiger partial charge in [-0.25, -0.2) is 12.1 Å². The second-order valence-corrected chi connectivity index (χ2v) is 3.57. The first kappa shape index (κ1) is 9.73. The van der Waals surface area contributed by atoms with E-state index in [2.05, 4.69) is 19.0 Å². The van der Waals surface area contributed by atoms with Crippen LogP contribution < -0.4 is 0 Å². The van der Waals surface area contributed by atoms with Crippen molar-refractivity contribution >= 4 is 20.7 Å². The largest absolute Gasteiger partial charge is 0.412 e. The number of thiol groups is 1. The van der Waals surface area contributed by atoms with E-state index in [4.69, 9.17) is 0 Å². The summed E-state index contributed by atoms with van der Waals surface area (Å²) in [5.41, 5.74) is 0. The fourth-order valence-electron chi connectivity index (χ4n) is 0.158. The van der Waals surface area contributed by atoms with E-state index in [1.54, 1.807) is 0 Å². The predicted molar refractivity (Wildman–Crippen MR) is 36.2 cm³/mol. The molecule has 0 aromatic heterocycles. The Morgan fingerprint density at radius 2 is 2.17 bits per heavy atom. The zero-order valence-corrected chi connectivity index (χ0v) is 6.38. The first-order valence-electron chi connectivity index (χ1n) is 2.02. The minimum Gasteiger partial charge on any atom is -0.412 e. The molecule has 0 bridgehead atoms. The lowest BCUT2D eigenvalue weighted by Crippen LogP contribution is -1.69. The Morgan fingerprint density at radius 3 is 2.17 bits per heavy atom. The number of rotatable bonds is 2. The van der Waals surface area contributed by atoms with Crippen molar-refractivity contribution in [1.82, 2.24) is 0 Å². The molecule has 0 rings (SSSR count). The van der Waals surface area contributed by atoms with Crippen molar-refractivity contribution in [3.8, 4) is 0 Å².